The Labute approximate surface area is 206 Å². The van der Waals surface area contributed by atoms with Gasteiger partial charge in [-0.2, -0.15) is 0 Å². The van der Waals surface area contributed by atoms with Crippen LogP contribution in [0.25, 0.3) is 0 Å². The smallest absolute Gasteiger partial charge is 0.322 e. The molecule has 3 rings (SSSR count). The van der Waals surface area contributed by atoms with Crippen LogP contribution in [0.15, 0.2) is 29.6 Å². The first-order valence-electron chi connectivity index (χ1n) is 12.0. The Morgan fingerprint density at radius 1 is 1.15 bits per heavy atom. The molecule has 1 fully saturated rings. The fourth-order valence-corrected chi connectivity index (χ4v) is 4.46. The fourth-order valence-electron chi connectivity index (χ4n) is 3.69. The van der Waals surface area contributed by atoms with Crippen LogP contribution in [0.1, 0.15) is 61.1 Å². The molecule has 0 unspecified atom stereocenters. The molecule has 1 aromatic heterocycles. The number of nitrogens with one attached hydrogen (secondary N) is 2. The van der Waals surface area contributed by atoms with E-state index in [1.54, 1.807) is 10.3 Å². The monoisotopic (exact) mass is 487 g/mol. The lowest BCUT2D eigenvalue weighted by Crippen LogP contribution is -2.39. The Hall–Kier alpha value is -2.49. The van der Waals surface area contributed by atoms with E-state index in [9.17, 15) is 9.59 Å². The minimum absolute atomic E-state index is 0.0173. The standard InChI is InChI=1S/C25H37N5O3S/c1-18(2)20-6-8-21(9-7-20)27-25(32)30(19(3)4)16-23-28-22(17-34-23)24(31)26-10-5-11-29-12-14-33-15-13-29/h6-9,17-19H,5,10-16H2,1-4H3,(H,26,31)(H,27,32). The Bertz CT molecular complexity index is 923. The summed E-state index contributed by atoms with van der Waals surface area (Å²) in [5, 5.41) is 8.41. The van der Waals surface area contributed by atoms with Crippen LogP contribution in [-0.4, -0.2) is 72.2 Å². The molecule has 0 bridgehead atoms. The number of carbonyl (C=O) groups is 2. The minimum atomic E-state index is -0.184. The summed E-state index contributed by atoms with van der Waals surface area (Å²) in [6.45, 7) is 13.6. The molecule has 2 heterocycles. The summed E-state index contributed by atoms with van der Waals surface area (Å²) in [5.74, 6) is 0.272. The van der Waals surface area contributed by atoms with Crippen LogP contribution in [0.4, 0.5) is 10.5 Å². The number of hydrogen-bond acceptors (Lipinski definition) is 6. The van der Waals surface area contributed by atoms with Crippen LogP contribution in [0.5, 0.6) is 0 Å². The minimum Gasteiger partial charge on any atom is -0.379 e. The van der Waals surface area contributed by atoms with Gasteiger partial charge in [0.25, 0.3) is 5.91 Å². The zero-order valence-corrected chi connectivity index (χ0v) is 21.5. The van der Waals surface area contributed by atoms with E-state index in [2.05, 4.69) is 34.4 Å². The van der Waals surface area contributed by atoms with E-state index in [1.165, 1.54) is 16.9 Å². The lowest BCUT2D eigenvalue weighted by Gasteiger charge is -2.26. The predicted molar refractivity (Wildman–Crippen MR) is 137 cm³/mol. The van der Waals surface area contributed by atoms with E-state index in [0.717, 1.165) is 50.0 Å². The van der Waals surface area contributed by atoms with Crippen LogP contribution < -0.4 is 10.6 Å². The molecule has 0 saturated carbocycles. The van der Waals surface area contributed by atoms with Gasteiger partial charge in [0.2, 0.25) is 0 Å². The molecule has 0 radical (unpaired) electrons. The normalized spacial score (nSPS) is 14.4. The number of rotatable bonds is 10. The van der Waals surface area contributed by atoms with Crippen molar-refractivity contribution in [2.75, 3.05) is 44.7 Å². The molecule has 2 N–H and O–H groups in total. The SMILES string of the molecule is CC(C)c1ccc(NC(=O)N(Cc2nc(C(=O)NCCCN3CCOCC3)cs2)C(C)C)cc1. The van der Waals surface area contributed by atoms with Crippen molar-refractivity contribution in [1.82, 2.24) is 20.1 Å². The van der Waals surface area contributed by atoms with Crippen molar-refractivity contribution >= 4 is 29.0 Å². The highest BCUT2D eigenvalue weighted by molar-refractivity contribution is 7.09. The number of hydrogen-bond donors (Lipinski definition) is 2. The second kappa shape index (κ2) is 12.8. The third-order valence-corrected chi connectivity index (χ3v) is 6.68. The first kappa shape index (κ1) is 26.1. The van der Waals surface area contributed by atoms with Gasteiger partial charge in [-0.15, -0.1) is 11.3 Å². The summed E-state index contributed by atoms with van der Waals surface area (Å²) in [4.78, 5) is 34.0. The summed E-state index contributed by atoms with van der Waals surface area (Å²) in [6, 6.07) is 7.72. The number of amides is 3. The van der Waals surface area contributed by atoms with Gasteiger partial charge in [0.15, 0.2) is 0 Å². The van der Waals surface area contributed by atoms with Crippen LogP contribution in [-0.2, 0) is 11.3 Å². The third kappa shape index (κ3) is 7.78. The number of aromatic nitrogens is 1. The first-order valence-corrected chi connectivity index (χ1v) is 12.9. The lowest BCUT2D eigenvalue weighted by atomic mass is 10.0. The molecule has 1 saturated heterocycles. The molecule has 3 amide bonds. The molecule has 34 heavy (non-hydrogen) atoms. The number of ether oxygens (including phenoxy) is 1. The Kier molecular flexibility index (Phi) is 9.86. The van der Waals surface area contributed by atoms with E-state index in [1.807, 2.05) is 38.1 Å². The number of thiazole rings is 1. The second-order valence-corrected chi connectivity index (χ2v) is 10.1. The highest BCUT2D eigenvalue weighted by Gasteiger charge is 2.20. The van der Waals surface area contributed by atoms with Crippen molar-refractivity contribution in [1.29, 1.82) is 0 Å². The average Bonchev–Trinajstić information content (AvgIpc) is 3.30. The van der Waals surface area contributed by atoms with E-state index in [4.69, 9.17) is 4.74 Å². The number of carbonyl (C=O) groups excluding carboxylic acids is 2. The molecule has 186 valence electrons. The van der Waals surface area contributed by atoms with Crippen molar-refractivity contribution < 1.29 is 14.3 Å². The summed E-state index contributed by atoms with van der Waals surface area (Å²) in [5.41, 5.74) is 2.39. The molecule has 1 aromatic carbocycles. The van der Waals surface area contributed by atoms with Gasteiger partial charge in [0, 0.05) is 36.7 Å². The zero-order chi connectivity index (χ0) is 24.5. The first-order chi connectivity index (χ1) is 16.3. The largest absolute Gasteiger partial charge is 0.379 e. The van der Waals surface area contributed by atoms with Gasteiger partial charge in [-0.05, 0) is 50.4 Å². The van der Waals surface area contributed by atoms with Crippen LogP contribution in [0, 0.1) is 0 Å². The molecule has 1 aliphatic heterocycles. The Morgan fingerprint density at radius 2 is 1.85 bits per heavy atom. The molecule has 0 atom stereocenters. The van der Waals surface area contributed by atoms with E-state index in [-0.39, 0.29) is 18.0 Å². The van der Waals surface area contributed by atoms with Gasteiger partial charge in [-0.3, -0.25) is 9.69 Å². The molecule has 9 heteroatoms. The van der Waals surface area contributed by atoms with Gasteiger partial charge >= 0.3 is 6.03 Å². The Morgan fingerprint density at radius 3 is 2.50 bits per heavy atom. The molecule has 8 nitrogen and oxygen atoms in total. The van der Waals surface area contributed by atoms with Gasteiger partial charge in [-0.1, -0.05) is 26.0 Å². The predicted octanol–water partition coefficient (Wildman–Crippen LogP) is 4.16. The number of nitrogens with zero attached hydrogens (tertiary/aromatic N) is 3. The highest BCUT2D eigenvalue weighted by atomic mass is 32.1. The number of benzene rings is 1. The summed E-state index contributed by atoms with van der Waals surface area (Å²) in [6.07, 6.45) is 0.891. The maximum atomic E-state index is 12.9. The molecular weight excluding hydrogens is 450 g/mol. The van der Waals surface area contributed by atoms with Crippen molar-refractivity contribution in [3.8, 4) is 0 Å². The van der Waals surface area contributed by atoms with Crippen molar-refractivity contribution in [3.63, 3.8) is 0 Å². The fraction of sp³-hybridized carbons (Fsp3) is 0.560. The summed E-state index contributed by atoms with van der Waals surface area (Å²) in [7, 11) is 0. The summed E-state index contributed by atoms with van der Waals surface area (Å²) >= 11 is 1.40. The van der Waals surface area contributed by atoms with Gasteiger partial charge in [-0.25, -0.2) is 9.78 Å². The van der Waals surface area contributed by atoms with Gasteiger partial charge < -0.3 is 20.3 Å². The second-order valence-electron chi connectivity index (χ2n) is 9.12. The average molecular weight is 488 g/mol. The molecule has 0 spiro atoms. The molecule has 1 aliphatic rings. The van der Waals surface area contributed by atoms with Gasteiger partial charge in [0.05, 0.1) is 19.8 Å². The number of anilines is 1. The van der Waals surface area contributed by atoms with Gasteiger partial charge in [0.1, 0.15) is 10.7 Å². The number of morpholine rings is 1. The van der Waals surface area contributed by atoms with E-state index in [0.29, 0.717) is 24.7 Å². The van der Waals surface area contributed by atoms with Crippen molar-refractivity contribution in [3.05, 3.63) is 45.9 Å². The molecular formula is C25H37N5O3S. The zero-order valence-electron chi connectivity index (χ0n) is 20.7. The van der Waals surface area contributed by atoms with Crippen LogP contribution >= 0.6 is 11.3 Å². The third-order valence-electron chi connectivity index (χ3n) is 5.84. The lowest BCUT2D eigenvalue weighted by molar-refractivity contribution is 0.0374. The maximum absolute atomic E-state index is 12.9. The van der Waals surface area contributed by atoms with E-state index < -0.39 is 0 Å². The number of urea groups is 1. The van der Waals surface area contributed by atoms with Crippen LogP contribution in [0.3, 0.4) is 0 Å². The topological polar surface area (TPSA) is 86.8 Å². The Balaban J connectivity index is 1.49. The molecule has 2 aromatic rings. The highest BCUT2D eigenvalue weighted by Crippen LogP contribution is 2.19. The maximum Gasteiger partial charge on any atom is 0.322 e. The summed E-state index contributed by atoms with van der Waals surface area (Å²) < 4.78 is 5.36. The van der Waals surface area contributed by atoms with E-state index >= 15 is 0 Å². The molecule has 0 aliphatic carbocycles. The van der Waals surface area contributed by atoms with Crippen LogP contribution in [0.2, 0.25) is 0 Å². The quantitative estimate of drug-likeness (QED) is 0.492. The van der Waals surface area contributed by atoms with Crippen molar-refractivity contribution in [2.45, 2.75) is 52.6 Å². The van der Waals surface area contributed by atoms with Crippen molar-refractivity contribution in [2.24, 2.45) is 0 Å².